The van der Waals surface area contributed by atoms with E-state index in [1.807, 2.05) is 75.4 Å². The molecule has 3 amide bonds. The normalized spacial score (nSPS) is 13.3. The zero-order valence-electron chi connectivity index (χ0n) is 22.8. The van der Waals surface area contributed by atoms with Crippen LogP contribution in [0.2, 0.25) is 0 Å². The first-order valence-corrected chi connectivity index (χ1v) is 12.4. The molecule has 0 aromatic heterocycles. The van der Waals surface area contributed by atoms with E-state index in [9.17, 15) is 14.4 Å². The van der Waals surface area contributed by atoms with Crippen LogP contribution in [0, 0.1) is 0 Å². The largest absolute Gasteiger partial charge is 0.444 e. The Hall–Kier alpha value is -3.35. The van der Waals surface area contributed by atoms with Crippen LogP contribution in [0.4, 0.5) is 4.79 Å². The molecule has 7 nitrogen and oxygen atoms in total. The van der Waals surface area contributed by atoms with Crippen LogP contribution in [-0.2, 0) is 27.2 Å². The Bertz CT molecular complexity index is 1020. The molecule has 0 bridgehead atoms. The van der Waals surface area contributed by atoms with Gasteiger partial charge in [0.15, 0.2) is 0 Å². The molecule has 0 spiro atoms. The molecule has 2 aromatic rings. The number of likely N-dealkylation sites (N-methyl/N-ethyl adjacent to an activating group) is 1. The molecule has 196 valence electrons. The molecule has 0 heterocycles. The average Bonchev–Trinajstić information content (AvgIpc) is 2.77. The molecule has 0 aliphatic rings. The van der Waals surface area contributed by atoms with E-state index in [1.54, 1.807) is 27.8 Å². The van der Waals surface area contributed by atoms with Crippen molar-refractivity contribution in [3.8, 4) is 0 Å². The number of hydrogen-bond acceptors (Lipinski definition) is 4. The summed E-state index contributed by atoms with van der Waals surface area (Å²) in [6, 6.07) is 15.3. The van der Waals surface area contributed by atoms with Crippen LogP contribution >= 0.6 is 0 Å². The third kappa shape index (κ3) is 9.02. The summed E-state index contributed by atoms with van der Waals surface area (Å²) >= 11 is 0. The summed E-state index contributed by atoms with van der Waals surface area (Å²) < 4.78 is 5.42. The molecular weight excluding hydrogens is 454 g/mol. The van der Waals surface area contributed by atoms with Crippen molar-refractivity contribution in [2.45, 2.75) is 84.5 Å². The van der Waals surface area contributed by atoms with Gasteiger partial charge >= 0.3 is 6.09 Å². The van der Waals surface area contributed by atoms with Crippen LogP contribution in [0.3, 0.4) is 0 Å². The third-order valence-corrected chi connectivity index (χ3v) is 5.46. The van der Waals surface area contributed by atoms with E-state index >= 15 is 0 Å². The Morgan fingerprint density at radius 3 is 1.97 bits per heavy atom. The SMILES string of the molecule is CCc1ccc(C(C(=O)NC(C)(C)C)N(C)C(=O)C(Cc2ccccc2)NC(=O)OC(C)(C)C)cc1. The number of nitrogens with zero attached hydrogens (tertiary/aromatic N) is 1. The van der Waals surface area contributed by atoms with E-state index in [0.29, 0.717) is 5.56 Å². The number of alkyl carbamates (subject to hydrolysis) is 1. The molecule has 2 unspecified atom stereocenters. The van der Waals surface area contributed by atoms with Gasteiger partial charge < -0.3 is 20.3 Å². The second-order valence-corrected chi connectivity index (χ2v) is 11.1. The summed E-state index contributed by atoms with van der Waals surface area (Å²) in [5.41, 5.74) is 1.51. The summed E-state index contributed by atoms with van der Waals surface area (Å²) in [4.78, 5) is 41.3. The Balaban J connectivity index is 2.42. The minimum atomic E-state index is -0.924. The molecule has 0 aliphatic heterocycles. The smallest absolute Gasteiger partial charge is 0.408 e. The van der Waals surface area contributed by atoms with E-state index < -0.39 is 35.2 Å². The average molecular weight is 496 g/mol. The monoisotopic (exact) mass is 495 g/mol. The van der Waals surface area contributed by atoms with Crippen molar-refractivity contribution in [3.63, 3.8) is 0 Å². The number of nitrogens with one attached hydrogen (secondary N) is 2. The number of carbonyl (C=O) groups is 3. The maximum atomic E-state index is 13.8. The molecule has 0 fully saturated rings. The first-order valence-electron chi connectivity index (χ1n) is 12.4. The van der Waals surface area contributed by atoms with E-state index in [2.05, 4.69) is 17.6 Å². The van der Waals surface area contributed by atoms with Crippen LogP contribution in [-0.4, -0.2) is 47.0 Å². The van der Waals surface area contributed by atoms with Crippen LogP contribution in [0.25, 0.3) is 0 Å². The van der Waals surface area contributed by atoms with Crippen LogP contribution in [0.1, 0.15) is 71.2 Å². The number of rotatable bonds is 8. The summed E-state index contributed by atoms with van der Waals surface area (Å²) in [7, 11) is 1.59. The Kier molecular flexibility index (Phi) is 9.68. The second-order valence-electron chi connectivity index (χ2n) is 11.1. The lowest BCUT2D eigenvalue weighted by atomic mass is 9.98. The van der Waals surface area contributed by atoms with E-state index in [4.69, 9.17) is 4.74 Å². The second kappa shape index (κ2) is 12.1. The number of amides is 3. The fourth-order valence-electron chi connectivity index (χ4n) is 3.80. The van der Waals surface area contributed by atoms with Gasteiger partial charge in [0.1, 0.15) is 17.7 Å². The van der Waals surface area contributed by atoms with Crippen LogP contribution < -0.4 is 10.6 Å². The maximum absolute atomic E-state index is 13.8. The number of benzene rings is 2. The zero-order valence-corrected chi connectivity index (χ0v) is 22.8. The molecule has 0 saturated heterocycles. The maximum Gasteiger partial charge on any atom is 0.408 e. The fourth-order valence-corrected chi connectivity index (χ4v) is 3.80. The van der Waals surface area contributed by atoms with Gasteiger partial charge in [0, 0.05) is 19.0 Å². The van der Waals surface area contributed by atoms with Gasteiger partial charge in [0.25, 0.3) is 0 Å². The van der Waals surface area contributed by atoms with Gasteiger partial charge in [-0.3, -0.25) is 9.59 Å². The van der Waals surface area contributed by atoms with Crippen molar-refractivity contribution < 1.29 is 19.1 Å². The van der Waals surface area contributed by atoms with Gasteiger partial charge in [-0.05, 0) is 64.7 Å². The highest BCUT2D eigenvalue weighted by Crippen LogP contribution is 2.23. The molecule has 2 rings (SSSR count). The number of aryl methyl sites for hydroxylation is 1. The number of hydrogen-bond donors (Lipinski definition) is 2. The Morgan fingerprint density at radius 2 is 1.47 bits per heavy atom. The predicted molar refractivity (Wildman–Crippen MR) is 143 cm³/mol. The topological polar surface area (TPSA) is 87.7 Å². The van der Waals surface area contributed by atoms with E-state index in [1.165, 1.54) is 4.90 Å². The number of carbonyl (C=O) groups excluding carboxylic acids is 3. The fraction of sp³-hybridized carbons (Fsp3) is 0.483. The quantitative estimate of drug-likeness (QED) is 0.551. The van der Waals surface area contributed by atoms with Crippen molar-refractivity contribution in [1.29, 1.82) is 0 Å². The van der Waals surface area contributed by atoms with Crippen LogP contribution in [0.15, 0.2) is 54.6 Å². The van der Waals surface area contributed by atoms with E-state index in [0.717, 1.165) is 17.5 Å². The van der Waals surface area contributed by atoms with Gasteiger partial charge in [-0.25, -0.2) is 4.79 Å². The molecule has 36 heavy (non-hydrogen) atoms. The molecule has 0 radical (unpaired) electrons. The number of ether oxygens (including phenoxy) is 1. The lowest BCUT2D eigenvalue weighted by molar-refractivity contribution is -0.141. The van der Waals surface area contributed by atoms with Gasteiger partial charge in [0.05, 0.1) is 0 Å². The van der Waals surface area contributed by atoms with Gasteiger partial charge in [-0.1, -0.05) is 61.5 Å². The first kappa shape index (κ1) is 28.9. The predicted octanol–water partition coefficient (Wildman–Crippen LogP) is 4.80. The molecule has 2 aromatic carbocycles. The molecule has 2 N–H and O–H groups in total. The molecular formula is C29H41N3O4. The standard InChI is InChI=1S/C29H41N3O4/c1-9-20-15-17-22(18-16-20)24(25(33)31-28(2,3)4)32(8)26(34)23(19-21-13-11-10-12-14-21)30-27(35)36-29(5,6)7/h10-18,23-24H,9,19H2,1-8H3,(H,30,35)(H,31,33). The van der Waals surface area contributed by atoms with Crippen molar-refractivity contribution >= 4 is 17.9 Å². The third-order valence-electron chi connectivity index (χ3n) is 5.46. The highest BCUT2D eigenvalue weighted by Gasteiger charge is 2.35. The molecule has 7 heteroatoms. The van der Waals surface area contributed by atoms with Crippen molar-refractivity contribution in [2.24, 2.45) is 0 Å². The molecule has 0 saturated carbocycles. The van der Waals surface area contributed by atoms with Crippen LogP contribution in [0.5, 0.6) is 0 Å². The minimum Gasteiger partial charge on any atom is -0.444 e. The highest BCUT2D eigenvalue weighted by atomic mass is 16.6. The highest BCUT2D eigenvalue weighted by molar-refractivity contribution is 5.92. The summed E-state index contributed by atoms with van der Waals surface area (Å²) in [5.74, 6) is -0.684. The van der Waals surface area contributed by atoms with Gasteiger partial charge in [0.2, 0.25) is 11.8 Å². The molecule has 2 atom stereocenters. The van der Waals surface area contributed by atoms with Crippen molar-refractivity contribution in [3.05, 3.63) is 71.3 Å². The Labute approximate surface area is 215 Å². The summed E-state index contributed by atoms with van der Waals surface area (Å²) in [6.07, 6.45) is 0.437. The van der Waals surface area contributed by atoms with E-state index in [-0.39, 0.29) is 12.3 Å². The summed E-state index contributed by atoms with van der Waals surface area (Å²) in [5, 5.41) is 5.73. The van der Waals surface area contributed by atoms with Gasteiger partial charge in [-0.2, -0.15) is 0 Å². The zero-order chi connectivity index (χ0) is 27.1. The van der Waals surface area contributed by atoms with Gasteiger partial charge in [-0.15, -0.1) is 0 Å². The minimum absolute atomic E-state index is 0.256. The lowest BCUT2D eigenvalue weighted by Gasteiger charge is -2.33. The molecule has 0 aliphatic carbocycles. The lowest BCUT2D eigenvalue weighted by Crippen LogP contribution is -2.54. The Morgan fingerprint density at radius 1 is 0.889 bits per heavy atom. The van der Waals surface area contributed by atoms with Crippen molar-refractivity contribution in [1.82, 2.24) is 15.5 Å². The van der Waals surface area contributed by atoms with Crippen molar-refractivity contribution in [2.75, 3.05) is 7.05 Å². The summed E-state index contributed by atoms with van der Waals surface area (Å²) in [6.45, 7) is 13.0. The first-order chi connectivity index (χ1) is 16.7.